The van der Waals surface area contributed by atoms with E-state index >= 15 is 0 Å². The minimum absolute atomic E-state index is 0.458. The van der Waals surface area contributed by atoms with Crippen LogP contribution in [0.2, 0.25) is 0 Å². The molecule has 2 N–H and O–H groups in total. The molecule has 3 aromatic rings. The summed E-state index contributed by atoms with van der Waals surface area (Å²) in [6.07, 6.45) is 1.61. The van der Waals surface area contributed by atoms with E-state index in [2.05, 4.69) is 9.97 Å². The summed E-state index contributed by atoms with van der Waals surface area (Å²) < 4.78 is 7.03. The molecule has 3 aromatic heterocycles. The van der Waals surface area contributed by atoms with Crippen LogP contribution in [0.1, 0.15) is 0 Å². The fourth-order valence-electron chi connectivity index (χ4n) is 1.51. The van der Waals surface area contributed by atoms with Crippen molar-refractivity contribution >= 4 is 28.2 Å². The number of nitrogens with two attached hydrogens (primary N) is 1. The van der Waals surface area contributed by atoms with Crippen molar-refractivity contribution in [3.63, 3.8) is 0 Å². The number of fused-ring (bicyclic) bond motifs is 2. The summed E-state index contributed by atoms with van der Waals surface area (Å²) in [7, 11) is 1.85. The summed E-state index contributed by atoms with van der Waals surface area (Å²) >= 11 is 0. The van der Waals surface area contributed by atoms with Crippen molar-refractivity contribution in [2.45, 2.75) is 0 Å². The van der Waals surface area contributed by atoms with Gasteiger partial charge in [-0.1, -0.05) is 0 Å². The molecule has 0 fully saturated rings. The zero-order chi connectivity index (χ0) is 9.71. The third-order valence-electron chi connectivity index (χ3n) is 2.32. The molecular weight excluding hydrogens is 180 g/mol. The highest BCUT2D eigenvalue weighted by atomic mass is 16.3. The van der Waals surface area contributed by atoms with E-state index in [0.29, 0.717) is 11.6 Å². The highest BCUT2D eigenvalue weighted by Gasteiger charge is 2.08. The number of aryl methyl sites for hydroxylation is 1. The number of nitrogens with zero attached hydrogens (tertiary/aromatic N) is 3. The van der Waals surface area contributed by atoms with Gasteiger partial charge in [-0.15, -0.1) is 0 Å². The van der Waals surface area contributed by atoms with Crippen molar-refractivity contribution in [3.8, 4) is 0 Å². The highest BCUT2D eigenvalue weighted by molar-refractivity contribution is 5.87. The largest absolute Gasteiger partial charge is 0.463 e. The molecule has 0 unspecified atom stereocenters. The first-order chi connectivity index (χ1) is 6.75. The van der Waals surface area contributed by atoms with Crippen molar-refractivity contribution < 1.29 is 4.42 Å². The van der Waals surface area contributed by atoms with Gasteiger partial charge in [0.2, 0.25) is 5.95 Å². The van der Waals surface area contributed by atoms with Gasteiger partial charge in [0.25, 0.3) is 0 Å². The Hall–Kier alpha value is -2.04. The molecule has 0 aliphatic rings. The number of imidazole rings is 1. The molecule has 0 saturated heterocycles. The standard InChI is InChI=1S/C9H8N4O/c1-13-6-4-7-5(2-3-14-7)11-8(6)12-9(13)10/h2-4H,1H3,(H2,10,11,12). The summed E-state index contributed by atoms with van der Waals surface area (Å²) in [4.78, 5) is 8.44. The van der Waals surface area contributed by atoms with Gasteiger partial charge in [0.1, 0.15) is 5.52 Å². The van der Waals surface area contributed by atoms with Crippen LogP contribution in [0.15, 0.2) is 22.8 Å². The van der Waals surface area contributed by atoms with Crippen LogP contribution in [0.25, 0.3) is 22.3 Å². The van der Waals surface area contributed by atoms with Gasteiger partial charge in [-0.25, -0.2) is 4.98 Å². The molecule has 0 amide bonds. The van der Waals surface area contributed by atoms with Crippen molar-refractivity contribution in [1.29, 1.82) is 0 Å². The lowest BCUT2D eigenvalue weighted by Crippen LogP contribution is -1.95. The Balaban J connectivity index is 2.56. The van der Waals surface area contributed by atoms with Crippen LogP contribution in [-0.4, -0.2) is 14.5 Å². The lowest BCUT2D eigenvalue weighted by molar-refractivity contribution is 0.615. The molecule has 0 spiro atoms. The number of rotatable bonds is 0. The van der Waals surface area contributed by atoms with E-state index in [0.717, 1.165) is 16.6 Å². The topological polar surface area (TPSA) is 69.9 Å². The number of anilines is 1. The van der Waals surface area contributed by atoms with E-state index in [4.69, 9.17) is 10.2 Å². The minimum Gasteiger partial charge on any atom is -0.463 e. The second-order valence-corrected chi connectivity index (χ2v) is 3.16. The Morgan fingerprint density at radius 1 is 1.43 bits per heavy atom. The Kier molecular flexibility index (Phi) is 1.19. The predicted octanol–water partition coefficient (Wildman–Crippen LogP) is 1.30. The fraction of sp³-hybridized carbons (Fsp3) is 0.111. The molecule has 3 heterocycles. The van der Waals surface area contributed by atoms with Crippen LogP contribution < -0.4 is 5.73 Å². The van der Waals surface area contributed by atoms with Gasteiger partial charge in [-0.05, 0) is 0 Å². The molecule has 0 radical (unpaired) electrons. The van der Waals surface area contributed by atoms with E-state index < -0.39 is 0 Å². The summed E-state index contributed by atoms with van der Waals surface area (Å²) in [5, 5.41) is 0. The van der Waals surface area contributed by atoms with Crippen molar-refractivity contribution in [2.24, 2.45) is 7.05 Å². The lowest BCUT2D eigenvalue weighted by atomic mass is 10.3. The Bertz CT molecular complexity index is 622. The van der Waals surface area contributed by atoms with Gasteiger partial charge < -0.3 is 14.7 Å². The zero-order valence-electron chi connectivity index (χ0n) is 7.56. The molecule has 0 aromatic carbocycles. The van der Waals surface area contributed by atoms with E-state index in [9.17, 15) is 0 Å². The average molecular weight is 188 g/mol. The van der Waals surface area contributed by atoms with Gasteiger partial charge in [0, 0.05) is 19.2 Å². The second kappa shape index (κ2) is 2.25. The number of furan rings is 1. The SMILES string of the molecule is Cn1c(N)nc2nc3ccoc3cc21. The van der Waals surface area contributed by atoms with Gasteiger partial charge in [-0.3, -0.25) is 0 Å². The zero-order valence-corrected chi connectivity index (χ0v) is 7.56. The second-order valence-electron chi connectivity index (χ2n) is 3.16. The molecule has 0 saturated carbocycles. The summed E-state index contributed by atoms with van der Waals surface area (Å²) in [5.74, 6) is 0.458. The van der Waals surface area contributed by atoms with Gasteiger partial charge in [0.15, 0.2) is 11.2 Å². The molecule has 70 valence electrons. The number of hydrogen-bond acceptors (Lipinski definition) is 4. The van der Waals surface area contributed by atoms with Crippen molar-refractivity contribution in [2.75, 3.05) is 5.73 Å². The molecule has 3 rings (SSSR count). The maximum atomic E-state index is 5.67. The quantitative estimate of drug-likeness (QED) is 0.577. The van der Waals surface area contributed by atoms with Crippen LogP contribution in [0, 0.1) is 0 Å². The van der Waals surface area contributed by atoms with Gasteiger partial charge in [-0.2, -0.15) is 4.98 Å². The average Bonchev–Trinajstić information content (AvgIpc) is 2.70. The molecule has 5 heteroatoms. The molecule has 14 heavy (non-hydrogen) atoms. The van der Waals surface area contributed by atoms with E-state index in [-0.39, 0.29) is 0 Å². The van der Waals surface area contributed by atoms with Crippen LogP contribution in [-0.2, 0) is 7.05 Å². The molecule has 0 bridgehead atoms. The lowest BCUT2D eigenvalue weighted by Gasteiger charge is -1.94. The van der Waals surface area contributed by atoms with Crippen LogP contribution >= 0.6 is 0 Å². The Morgan fingerprint density at radius 2 is 2.29 bits per heavy atom. The smallest absolute Gasteiger partial charge is 0.202 e. The van der Waals surface area contributed by atoms with Crippen molar-refractivity contribution in [1.82, 2.24) is 14.5 Å². The maximum absolute atomic E-state index is 5.67. The third-order valence-corrected chi connectivity index (χ3v) is 2.32. The molecule has 0 atom stereocenters. The normalized spacial score (nSPS) is 11.5. The first-order valence-corrected chi connectivity index (χ1v) is 4.22. The predicted molar refractivity (Wildman–Crippen MR) is 52.7 cm³/mol. The summed E-state index contributed by atoms with van der Waals surface area (Å²) in [5.41, 5.74) is 8.75. The number of aromatic nitrogens is 3. The van der Waals surface area contributed by atoms with E-state index in [1.54, 1.807) is 16.9 Å². The maximum Gasteiger partial charge on any atom is 0.202 e. The van der Waals surface area contributed by atoms with Crippen LogP contribution in [0.5, 0.6) is 0 Å². The fourth-order valence-corrected chi connectivity index (χ4v) is 1.51. The molecule has 0 aliphatic heterocycles. The van der Waals surface area contributed by atoms with Gasteiger partial charge in [0.05, 0.1) is 11.8 Å². The first kappa shape index (κ1) is 7.37. The highest BCUT2D eigenvalue weighted by Crippen LogP contribution is 2.20. The minimum atomic E-state index is 0.458. The number of hydrogen-bond donors (Lipinski definition) is 1. The third kappa shape index (κ3) is 0.783. The number of nitrogen functional groups attached to an aromatic ring is 1. The summed E-state index contributed by atoms with van der Waals surface area (Å²) in [6.45, 7) is 0. The summed E-state index contributed by atoms with van der Waals surface area (Å²) in [6, 6.07) is 3.70. The molecule has 0 aliphatic carbocycles. The monoisotopic (exact) mass is 188 g/mol. The molecular formula is C9H8N4O. The van der Waals surface area contributed by atoms with E-state index in [1.807, 2.05) is 13.1 Å². The number of pyridine rings is 1. The van der Waals surface area contributed by atoms with Crippen LogP contribution in [0.3, 0.4) is 0 Å². The Morgan fingerprint density at radius 3 is 3.14 bits per heavy atom. The van der Waals surface area contributed by atoms with Crippen LogP contribution in [0.4, 0.5) is 5.95 Å². The molecule has 5 nitrogen and oxygen atoms in total. The van der Waals surface area contributed by atoms with Crippen molar-refractivity contribution in [3.05, 3.63) is 18.4 Å². The Labute approximate surface area is 79.2 Å². The van der Waals surface area contributed by atoms with Gasteiger partial charge >= 0.3 is 0 Å². The van der Waals surface area contributed by atoms with E-state index in [1.165, 1.54) is 0 Å². The first-order valence-electron chi connectivity index (χ1n) is 4.22.